The number of hydrogen-bond acceptors (Lipinski definition) is 2. The quantitative estimate of drug-likeness (QED) is 0.482. The van der Waals surface area contributed by atoms with E-state index in [1.165, 1.54) is 12.1 Å². The SMILES string of the molecule is FC(F)(F)c1ccc(COC(Cn2ccnc2)c2ccc(Cl)cc2Cl)cc1. The normalized spacial score (nSPS) is 12.9. The highest BCUT2D eigenvalue weighted by atomic mass is 35.5. The largest absolute Gasteiger partial charge is 0.416 e. The van der Waals surface area contributed by atoms with Gasteiger partial charge in [0.15, 0.2) is 0 Å². The zero-order valence-electron chi connectivity index (χ0n) is 14.0. The van der Waals surface area contributed by atoms with Gasteiger partial charge < -0.3 is 9.30 Å². The van der Waals surface area contributed by atoms with Gasteiger partial charge in [-0.3, -0.25) is 0 Å². The van der Waals surface area contributed by atoms with E-state index in [0.29, 0.717) is 22.2 Å². The third kappa shape index (κ3) is 5.25. The number of alkyl halides is 3. The van der Waals surface area contributed by atoms with E-state index in [1.54, 1.807) is 36.9 Å². The van der Waals surface area contributed by atoms with Crippen LogP contribution in [0.3, 0.4) is 0 Å². The van der Waals surface area contributed by atoms with Gasteiger partial charge in [0, 0.05) is 28.0 Å². The van der Waals surface area contributed by atoms with Gasteiger partial charge >= 0.3 is 6.18 Å². The summed E-state index contributed by atoms with van der Waals surface area (Å²) in [5.74, 6) is 0. The fourth-order valence-electron chi connectivity index (χ4n) is 2.58. The van der Waals surface area contributed by atoms with E-state index in [0.717, 1.165) is 17.7 Å². The first-order chi connectivity index (χ1) is 12.8. The molecule has 3 rings (SSSR count). The Morgan fingerprint density at radius 3 is 2.41 bits per heavy atom. The smallest absolute Gasteiger partial charge is 0.367 e. The summed E-state index contributed by atoms with van der Waals surface area (Å²) >= 11 is 12.3. The number of benzene rings is 2. The van der Waals surface area contributed by atoms with Crippen molar-refractivity contribution in [2.24, 2.45) is 0 Å². The number of ether oxygens (including phenoxy) is 1. The second-order valence-corrected chi connectivity index (χ2v) is 6.76. The van der Waals surface area contributed by atoms with Crippen molar-refractivity contribution >= 4 is 23.2 Å². The van der Waals surface area contributed by atoms with Gasteiger partial charge in [0.1, 0.15) is 6.10 Å². The molecule has 0 fully saturated rings. The Hall–Kier alpha value is -2.02. The molecule has 0 saturated carbocycles. The van der Waals surface area contributed by atoms with Crippen molar-refractivity contribution in [3.8, 4) is 0 Å². The van der Waals surface area contributed by atoms with Crippen LogP contribution < -0.4 is 0 Å². The molecular weight excluding hydrogens is 400 g/mol. The summed E-state index contributed by atoms with van der Waals surface area (Å²) in [5.41, 5.74) is 0.673. The lowest BCUT2D eigenvalue weighted by Gasteiger charge is -2.20. The van der Waals surface area contributed by atoms with Crippen LogP contribution in [0.2, 0.25) is 10.0 Å². The molecule has 0 spiro atoms. The Labute approximate surface area is 164 Å². The van der Waals surface area contributed by atoms with Crippen LogP contribution in [-0.4, -0.2) is 9.55 Å². The molecule has 8 heteroatoms. The fraction of sp³-hybridized carbons (Fsp3) is 0.211. The minimum atomic E-state index is -4.36. The maximum absolute atomic E-state index is 12.7. The number of halogens is 5. The van der Waals surface area contributed by atoms with Crippen LogP contribution in [0.15, 0.2) is 61.2 Å². The Morgan fingerprint density at radius 2 is 1.81 bits per heavy atom. The molecule has 0 N–H and O–H groups in total. The predicted octanol–water partition coefficient (Wildman–Crippen LogP) is 6.17. The molecule has 1 atom stereocenters. The average molecular weight is 415 g/mol. The number of nitrogens with zero attached hydrogens (tertiary/aromatic N) is 2. The molecule has 3 aromatic rings. The first-order valence-corrected chi connectivity index (χ1v) is 8.77. The van der Waals surface area contributed by atoms with E-state index >= 15 is 0 Å². The lowest BCUT2D eigenvalue weighted by atomic mass is 10.1. The van der Waals surface area contributed by atoms with Gasteiger partial charge in [-0.25, -0.2) is 4.98 Å². The number of hydrogen-bond donors (Lipinski definition) is 0. The summed E-state index contributed by atoms with van der Waals surface area (Å²) in [6.45, 7) is 0.582. The van der Waals surface area contributed by atoms with Gasteiger partial charge in [-0.15, -0.1) is 0 Å². The van der Waals surface area contributed by atoms with Crippen LogP contribution in [0, 0.1) is 0 Å². The van der Waals surface area contributed by atoms with Crippen molar-refractivity contribution in [3.63, 3.8) is 0 Å². The molecule has 0 radical (unpaired) electrons. The van der Waals surface area contributed by atoms with Gasteiger partial charge in [-0.05, 0) is 29.8 Å². The van der Waals surface area contributed by atoms with Gasteiger partial charge in [-0.2, -0.15) is 13.2 Å². The van der Waals surface area contributed by atoms with Crippen molar-refractivity contribution in [1.29, 1.82) is 0 Å². The molecule has 2 aromatic carbocycles. The summed E-state index contributed by atoms with van der Waals surface area (Å²) in [4.78, 5) is 4.00. The first kappa shape index (κ1) is 19.7. The Kier molecular flexibility index (Phi) is 6.09. The lowest BCUT2D eigenvalue weighted by Crippen LogP contribution is -2.13. The van der Waals surface area contributed by atoms with Gasteiger partial charge in [0.25, 0.3) is 0 Å². The molecule has 0 amide bonds. The second kappa shape index (κ2) is 8.33. The van der Waals surface area contributed by atoms with Crippen LogP contribution in [0.1, 0.15) is 22.8 Å². The van der Waals surface area contributed by atoms with Crippen LogP contribution in [0.4, 0.5) is 13.2 Å². The Bertz CT molecular complexity index is 881. The maximum Gasteiger partial charge on any atom is 0.416 e. The molecule has 0 aliphatic rings. The maximum atomic E-state index is 12.7. The highest BCUT2D eigenvalue weighted by Crippen LogP contribution is 2.32. The monoisotopic (exact) mass is 414 g/mol. The predicted molar refractivity (Wildman–Crippen MR) is 97.7 cm³/mol. The molecule has 0 saturated heterocycles. The van der Waals surface area contributed by atoms with E-state index < -0.39 is 17.8 Å². The summed E-state index contributed by atoms with van der Waals surface area (Å²) in [5, 5.41) is 0.966. The summed E-state index contributed by atoms with van der Waals surface area (Å²) in [7, 11) is 0. The highest BCUT2D eigenvalue weighted by Gasteiger charge is 2.30. The van der Waals surface area contributed by atoms with Crippen molar-refractivity contribution in [1.82, 2.24) is 9.55 Å². The molecule has 1 unspecified atom stereocenters. The van der Waals surface area contributed by atoms with E-state index in [2.05, 4.69) is 4.98 Å². The molecule has 1 aromatic heterocycles. The number of rotatable bonds is 6. The van der Waals surface area contributed by atoms with Crippen molar-refractivity contribution in [2.75, 3.05) is 0 Å². The molecule has 1 heterocycles. The Balaban J connectivity index is 1.77. The Morgan fingerprint density at radius 1 is 1.07 bits per heavy atom. The topological polar surface area (TPSA) is 27.1 Å². The third-order valence-corrected chi connectivity index (χ3v) is 4.54. The molecule has 0 aliphatic heterocycles. The standard InChI is InChI=1S/C19H15Cl2F3N2O/c20-15-5-6-16(17(21)9-15)18(10-26-8-7-25-12-26)27-11-13-1-3-14(4-2-13)19(22,23)24/h1-9,12,18H,10-11H2. The molecule has 142 valence electrons. The summed E-state index contributed by atoms with van der Waals surface area (Å²) in [6.07, 6.45) is 0.305. The first-order valence-electron chi connectivity index (χ1n) is 8.01. The summed E-state index contributed by atoms with van der Waals surface area (Å²) < 4.78 is 45.8. The molecule has 27 heavy (non-hydrogen) atoms. The zero-order chi connectivity index (χ0) is 19.4. The average Bonchev–Trinajstić information content (AvgIpc) is 3.12. The van der Waals surface area contributed by atoms with E-state index in [9.17, 15) is 13.2 Å². The van der Waals surface area contributed by atoms with Crippen molar-refractivity contribution in [3.05, 3.63) is 87.9 Å². The van der Waals surface area contributed by atoms with E-state index in [-0.39, 0.29) is 6.61 Å². The van der Waals surface area contributed by atoms with Crippen molar-refractivity contribution in [2.45, 2.75) is 25.4 Å². The van der Waals surface area contributed by atoms with Crippen molar-refractivity contribution < 1.29 is 17.9 Å². The van der Waals surface area contributed by atoms with Gasteiger partial charge in [-0.1, -0.05) is 41.4 Å². The molecular formula is C19H15Cl2F3N2O. The molecule has 3 nitrogen and oxygen atoms in total. The van der Waals surface area contributed by atoms with Crippen LogP contribution in [0.5, 0.6) is 0 Å². The van der Waals surface area contributed by atoms with E-state index in [4.69, 9.17) is 27.9 Å². The molecule has 0 bridgehead atoms. The van der Waals surface area contributed by atoms with Crippen LogP contribution in [-0.2, 0) is 24.1 Å². The van der Waals surface area contributed by atoms with E-state index in [1.807, 2.05) is 4.57 Å². The van der Waals surface area contributed by atoms with Crippen LogP contribution >= 0.6 is 23.2 Å². The van der Waals surface area contributed by atoms with Gasteiger partial charge in [0.05, 0.1) is 25.0 Å². The zero-order valence-corrected chi connectivity index (χ0v) is 15.5. The second-order valence-electron chi connectivity index (χ2n) is 5.92. The minimum Gasteiger partial charge on any atom is -0.367 e. The number of imidazole rings is 1. The minimum absolute atomic E-state index is 0.135. The third-order valence-electron chi connectivity index (χ3n) is 3.98. The number of aromatic nitrogens is 2. The van der Waals surface area contributed by atoms with Crippen LogP contribution in [0.25, 0.3) is 0 Å². The highest BCUT2D eigenvalue weighted by molar-refractivity contribution is 6.35. The lowest BCUT2D eigenvalue weighted by molar-refractivity contribution is -0.137. The fourth-order valence-corrected chi connectivity index (χ4v) is 3.11. The summed E-state index contributed by atoms with van der Waals surface area (Å²) in [6, 6.07) is 10.0. The molecule has 0 aliphatic carbocycles. The van der Waals surface area contributed by atoms with Gasteiger partial charge in [0.2, 0.25) is 0 Å².